The normalized spacial score (nSPS) is 14.9. The summed E-state index contributed by atoms with van der Waals surface area (Å²) in [6, 6.07) is 6.09. The molecule has 26 heavy (non-hydrogen) atoms. The fraction of sp³-hybridized carbons (Fsp3) is 0.375. The van der Waals surface area contributed by atoms with Crippen molar-refractivity contribution < 1.29 is 17.9 Å². The molecule has 2 aromatic rings. The van der Waals surface area contributed by atoms with Crippen LogP contribution in [0.4, 0.5) is 5.13 Å². The van der Waals surface area contributed by atoms with Gasteiger partial charge in [-0.05, 0) is 24.3 Å². The van der Waals surface area contributed by atoms with E-state index in [4.69, 9.17) is 4.74 Å². The summed E-state index contributed by atoms with van der Waals surface area (Å²) in [7, 11) is -2.21. The Morgan fingerprint density at radius 1 is 1.27 bits per heavy atom. The molecular formula is C16H19N3O4S3. The zero-order valence-corrected chi connectivity index (χ0v) is 16.6. The van der Waals surface area contributed by atoms with Crippen molar-refractivity contribution in [3.63, 3.8) is 0 Å². The molecule has 0 unspecified atom stereocenters. The van der Waals surface area contributed by atoms with Crippen molar-refractivity contribution >= 4 is 44.2 Å². The molecule has 140 valence electrons. The Labute approximate surface area is 160 Å². The van der Waals surface area contributed by atoms with Gasteiger partial charge in [-0.25, -0.2) is 13.4 Å². The van der Waals surface area contributed by atoms with Crippen LogP contribution in [0, 0.1) is 0 Å². The molecule has 1 saturated heterocycles. The van der Waals surface area contributed by atoms with Crippen molar-refractivity contribution in [2.45, 2.75) is 11.3 Å². The van der Waals surface area contributed by atoms with E-state index in [0.717, 1.165) is 24.6 Å². The number of aromatic nitrogens is 1. The van der Waals surface area contributed by atoms with Gasteiger partial charge in [-0.3, -0.25) is 9.52 Å². The maximum atomic E-state index is 12.4. The highest BCUT2D eigenvalue weighted by Gasteiger charge is 2.20. The minimum Gasteiger partial charge on any atom is -0.497 e. The number of nitrogens with zero attached hydrogens (tertiary/aromatic N) is 2. The minimum absolute atomic E-state index is 0.0279. The van der Waals surface area contributed by atoms with Crippen LogP contribution in [0.2, 0.25) is 0 Å². The minimum atomic E-state index is -3.73. The Balaban J connectivity index is 1.64. The van der Waals surface area contributed by atoms with Gasteiger partial charge >= 0.3 is 0 Å². The van der Waals surface area contributed by atoms with Gasteiger partial charge in [0, 0.05) is 30.0 Å². The topological polar surface area (TPSA) is 88.6 Å². The molecule has 0 saturated carbocycles. The first kappa shape index (κ1) is 19.0. The van der Waals surface area contributed by atoms with Crippen molar-refractivity contribution in [2.75, 3.05) is 36.4 Å². The molecule has 7 nitrogen and oxygen atoms in total. The molecule has 0 radical (unpaired) electrons. The van der Waals surface area contributed by atoms with Crippen molar-refractivity contribution in [3.05, 3.63) is 35.3 Å². The summed E-state index contributed by atoms with van der Waals surface area (Å²) in [4.78, 5) is 18.5. The summed E-state index contributed by atoms with van der Waals surface area (Å²) in [5, 5.41) is 1.96. The SMILES string of the molecule is COc1ccc(S(=O)(=O)Nc2nc(CC(=O)N3CCSCC3)cs2)cc1. The van der Waals surface area contributed by atoms with E-state index in [1.165, 1.54) is 30.6 Å². The molecule has 0 spiro atoms. The Kier molecular flexibility index (Phi) is 6.05. The number of benzene rings is 1. The van der Waals surface area contributed by atoms with Crippen LogP contribution in [0.25, 0.3) is 0 Å². The molecule has 1 aliphatic heterocycles. The second-order valence-electron chi connectivity index (χ2n) is 5.59. The lowest BCUT2D eigenvalue weighted by Crippen LogP contribution is -2.38. The van der Waals surface area contributed by atoms with E-state index >= 15 is 0 Å². The van der Waals surface area contributed by atoms with Crippen LogP contribution in [-0.4, -0.2) is 55.9 Å². The first-order valence-corrected chi connectivity index (χ1v) is 11.5. The lowest BCUT2D eigenvalue weighted by molar-refractivity contribution is -0.130. The van der Waals surface area contributed by atoms with Gasteiger partial charge in [-0.1, -0.05) is 0 Å². The van der Waals surface area contributed by atoms with E-state index < -0.39 is 10.0 Å². The van der Waals surface area contributed by atoms with E-state index in [9.17, 15) is 13.2 Å². The van der Waals surface area contributed by atoms with Crippen molar-refractivity contribution in [1.82, 2.24) is 9.88 Å². The maximum Gasteiger partial charge on any atom is 0.263 e. The first-order chi connectivity index (χ1) is 12.5. The van der Waals surface area contributed by atoms with E-state index in [1.807, 2.05) is 16.7 Å². The second kappa shape index (κ2) is 8.28. The monoisotopic (exact) mass is 413 g/mol. The van der Waals surface area contributed by atoms with Crippen LogP contribution in [0.5, 0.6) is 5.75 Å². The smallest absolute Gasteiger partial charge is 0.263 e. The van der Waals surface area contributed by atoms with Crippen LogP contribution in [0.15, 0.2) is 34.5 Å². The molecule has 1 amide bonds. The van der Waals surface area contributed by atoms with Gasteiger partial charge in [0.15, 0.2) is 5.13 Å². The molecule has 1 N–H and O–H groups in total. The number of rotatable bonds is 6. The zero-order chi connectivity index (χ0) is 18.6. The number of hydrogen-bond donors (Lipinski definition) is 1. The summed E-state index contributed by atoms with van der Waals surface area (Å²) in [6.45, 7) is 1.51. The highest BCUT2D eigenvalue weighted by Crippen LogP contribution is 2.22. The third-order valence-electron chi connectivity index (χ3n) is 3.84. The molecular weight excluding hydrogens is 394 g/mol. The summed E-state index contributed by atoms with van der Waals surface area (Å²) >= 11 is 3.01. The van der Waals surface area contributed by atoms with E-state index in [-0.39, 0.29) is 22.4 Å². The van der Waals surface area contributed by atoms with Crippen LogP contribution < -0.4 is 9.46 Å². The largest absolute Gasteiger partial charge is 0.497 e. The molecule has 3 rings (SSSR count). The molecule has 1 aromatic carbocycles. The quantitative estimate of drug-likeness (QED) is 0.780. The third-order valence-corrected chi connectivity index (χ3v) is 7.07. The summed E-state index contributed by atoms with van der Waals surface area (Å²) in [5.74, 6) is 2.51. The molecule has 1 aromatic heterocycles. The maximum absolute atomic E-state index is 12.4. The van der Waals surface area contributed by atoms with E-state index in [0.29, 0.717) is 11.4 Å². The lowest BCUT2D eigenvalue weighted by Gasteiger charge is -2.26. The standard InChI is InChI=1S/C16H19N3O4S3/c1-23-13-2-4-14(5-3-13)26(21,22)18-16-17-12(11-25-16)10-15(20)19-6-8-24-9-7-19/h2-5,11H,6-10H2,1H3,(H,17,18). The highest BCUT2D eigenvalue weighted by molar-refractivity contribution is 7.99. The first-order valence-electron chi connectivity index (χ1n) is 7.95. The Morgan fingerprint density at radius 2 is 1.96 bits per heavy atom. The number of thiazole rings is 1. The van der Waals surface area contributed by atoms with Crippen LogP contribution in [0.3, 0.4) is 0 Å². The van der Waals surface area contributed by atoms with Gasteiger partial charge in [-0.2, -0.15) is 11.8 Å². The van der Waals surface area contributed by atoms with E-state index in [2.05, 4.69) is 9.71 Å². The number of carbonyl (C=O) groups excluding carboxylic acids is 1. The molecule has 1 fully saturated rings. The number of carbonyl (C=O) groups is 1. The van der Waals surface area contributed by atoms with Gasteiger partial charge in [0.2, 0.25) is 5.91 Å². The molecule has 0 bridgehead atoms. The fourth-order valence-electron chi connectivity index (χ4n) is 2.44. The van der Waals surface area contributed by atoms with Gasteiger partial charge in [0.05, 0.1) is 24.1 Å². The number of nitrogens with one attached hydrogen (secondary N) is 1. The van der Waals surface area contributed by atoms with Crippen molar-refractivity contribution in [1.29, 1.82) is 0 Å². The number of hydrogen-bond acceptors (Lipinski definition) is 7. The summed E-state index contributed by atoms with van der Waals surface area (Å²) < 4.78 is 32.3. The third kappa shape index (κ3) is 4.68. The lowest BCUT2D eigenvalue weighted by atomic mass is 10.3. The van der Waals surface area contributed by atoms with Gasteiger partial charge < -0.3 is 9.64 Å². The second-order valence-corrected chi connectivity index (χ2v) is 9.36. The Hall–Kier alpha value is -1.78. The number of amides is 1. The van der Waals surface area contributed by atoms with E-state index in [1.54, 1.807) is 17.5 Å². The molecule has 0 aliphatic carbocycles. The average Bonchev–Trinajstić information content (AvgIpc) is 3.08. The van der Waals surface area contributed by atoms with Crippen LogP contribution in [0.1, 0.15) is 5.69 Å². The predicted molar refractivity (Wildman–Crippen MR) is 104 cm³/mol. The number of anilines is 1. The fourth-order valence-corrected chi connectivity index (χ4v) is 5.31. The number of sulfonamides is 1. The molecule has 10 heteroatoms. The summed E-state index contributed by atoms with van der Waals surface area (Å²) in [6.07, 6.45) is 0.186. The van der Waals surface area contributed by atoms with Crippen molar-refractivity contribution in [2.24, 2.45) is 0 Å². The van der Waals surface area contributed by atoms with Gasteiger partial charge in [0.1, 0.15) is 5.75 Å². The average molecular weight is 414 g/mol. The summed E-state index contributed by atoms with van der Waals surface area (Å²) in [5.41, 5.74) is 0.575. The molecule has 2 heterocycles. The highest BCUT2D eigenvalue weighted by atomic mass is 32.2. The van der Waals surface area contributed by atoms with Crippen molar-refractivity contribution in [3.8, 4) is 5.75 Å². The van der Waals surface area contributed by atoms with Crippen LogP contribution in [-0.2, 0) is 21.2 Å². The van der Waals surface area contributed by atoms with Crippen LogP contribution >= 0.6 is 23.1 Å². The predicted octanol–water partition coefficient (Wildman–Crippen LogP) is 2.07. The zero-order valence-electron chi connectivity index (χ0n) is 14.2. The Bertz CT molecular complexity index is 859. The number of methoxy groups -OCH3 is 1. The van der Waals surface area contributed by atoms with Gasteiger partial charge in [-0.15, -0.1) is 11.3 Å². The van der Waals surface area contributed by atoms with Gasteiger partial charge in [0.25, 0.3) is 10.0 Å². The number of ether oxygens (including phenoxy) is 1. The Morgan fingerprint density at radius 3 is 2.62 bits per heavy atom. The number of thioether (sulfide) groups is 1. The molecule has 0 atom stereocenters. The molecule has 1 aliphatic rings.